The van der Waals surface area contributed by atoms with Gasteiger partial charge in [-0.1, -0.05) is 42.1 Å². The number of methoxy groups -OCH3 is 1. The van der Waals surface area contributed by atoms with Crippen molar-refractivity contribution in [3.05, 3.63) is 65.7 Å². The number of ether oxygens (including phenoxy) is 2. The summed E-state index contributed by atoms with van der Waals surface area (Å²) < 4.78 is 34.9. The van der Waals surface area contributed by atoms with Crippen LogP contribution in [-0.4, -0.2) is 37.0 Å². The van der Waals surface area contributed by atoms with E-state index in [0.29, 0.717) is 16.5 Å². The van der Waals surface area contributed by atoms with Crippen LogP contribution in [0.4, 0.5) is 8.78 Å². The van der Waals surface area contributed by atoms with E-state index in [0.717, 1.165) is 17.1 Å². The molecule has 1 amide bonds. The number of para-hydroxylation sites is 1. The molecule has 0 spiro atoms. The van der Waals surface area contributed by atoms with Crippen LogP contribution >= 0.6 is 11.8 Å². The SMILES string of the molecule is COc1ccc(C2CSC(NC(=O)/C=C/c3ccccc3OCC(F)F)=N2)cc1. The molecule has 0 fully saturated rings. The third-order valence-electron chi connectivity index (χ3n) is 4.08. The van der Waals surface area contributed by atoms with E-state index in [9.17, 15) is 13.6 Å². The number of carbonyl (C=O) groups is 1. The van der Waals surface area contributed by atoms with Gasteiger partial charge < -0.3 is 14.8 Å². The van der Waals surface area contributed by atoms with Gasteiger partial charge in [-0.3, -0.25) is 9.79 Å². The maximum atomic E-state index is 12.4. The maximum Gasteiger partial charge on any atom is 0.272 e. The Kier molecular flexibility index (Phi) is 7.24. The Balaban J connectivity index is 1.59. The molecule has 1 heterocycles. The Bertz CT molecular complexity index is 901. The van der Waals surface area contributed by atoms with Crippen molar-refractivity contribution >= 4 is 28.9 Å². The van der Waals surface area contributed by atoms with E-state index in [1.807, 2.05) is 24.3 Å². The summed E-state index contributed by atoms with van der Waals surface area (Å²) in [6.45, 7) is -0.697. The molecule has 2 aromatic rings. The number of hydrogen-bond acceptors (Lipinski definition) is 5. The first-order chi connectivity index (χ1) is 14.0. The summed E-state index contributed by atoms with van der Waals surface area (Å²) in [6.07, 6.45) is 0.289. The summed E-state index contributed by atoms with van der Waals surface area (Å²) in [4.78, 5) is 16.7. The fourth-order valence-electron chi connectivity index (χ4n) is 2.65. The summed E-state index contributed by atoms with van der Waals surface area (Å²) in [6, 6.07) is 14.3. The standard InChI is InChI=1S/C21H20F2N2O3S/c1-27-16-9-6-14(7-10-16)17-13-29-21(24-17)25-20(26)11-8-15-4-2-3-5-18(15)28-12-19(22)23/h2-11,17,19H,12-13H2,1H3,(H,24,25,26)/b11-8+. The minimum absolute atomic E-state index is 0.0336. The fourth-order valence-corrected chi connectivity index (χ4v) is 3.61. The molecule has 2 aromatic carbocycles. The molecule has 1 aliphatic heterocycles. The first-order valence-corrected chi connectivity index (χ1v) is 9.87. The molecule has 0 saturated carbocycles. The highest BCUT2D eigenvalue weighted by Crippen LogP contribution is 2.30. The number of aliphatic imine (C=N–C) groups is 1. The summed E-state index contributed by atoms with van der Waals surface area (Å²) in [5.74, 6) is 1.45. The molecule has 5 nitrogen and oxygen atoms in total. The van der Waals surface area contributed by atoms with Crippen molar-refractivity contribution in [1.29, 1.82) is 0 Å². The van der Waals surface area contributed by atoms with Gasteiger partial charge in [0.15, 0.2) is 5.17 Å². The normalized spacial score (nSPS) is 16.1. The van der Waals surface area contributed by atoms with Gasteiger partial charge in [0.05, 0.1) is 13.2 Å². The van der Waals surface area contributed by atoms with Gasteiger partial charge in [0.1, 0.15) is 18.1 Å². The van der Waals surface area contributed by atoms with Crippen molar-refractivity contribution in [3.63, 3.8) is 0 Å². The van der Waals surface area contributed by atoms with Crippen LogP contribution in [0.2, 0.25) is 0 Å². The number of thioether (sulfide) groups is 1. The third kappa shape index (κ3) is 6.05. The second-order valence-electron chi connectivity index (χ2n) is 6.10. The number of carbonyl (C=O) groups excluding carboxylic acids is 1. The van der Waals surface area contributed by atoms with E-state index in [2.05, 4.69) is 10.3 Å². The quantitative estimate of drug-likeness (QED) is 0.681. The van der Waals surface area contributed by atoms with Crippen LogP contribution < -0.4 is 14.8 Å². The zero-order valence-corrected chi connectivity index (χ0v) is 16.5. The van der Waals surface area contributed by atoms with Gasteiger partial charge in [-0.05, 0) is 29.8 Å². The average molecular weight is 418 g/mol. The number of amides is 1. The lowest BCUT2D eigenvalue weighted by Crippen LogP contribution is -2.25. The van der Waals surface area contributed by atoms with Crippen LogP contribution in [0.3, 0.4) is 0 Å². The lowest BCUT2D eigenvalue weighted by Gasteiger charge is -2.08. The molecule has 152 valence electrons. The van der Waals surface area contributed by atoms with Crippen LogP contribution in [0.15, 0.2) is 59.6 Å². The van der Waals surface area contributed by atoms with Gasteiger partial charge in [-0.2, -0.15) is 0 Å². The van der Waals surface area contributed by atoms with Crippen molar-refractivity contribution in [3.8, 4) is 11.5 Å². The maximum absolute atomic E-state index is 12.4. The number of nitrogens with zero attached hydrogens (tertiary/aromatic N) is 1. The highest BCUT2D eigenvalue weighted by molar-refractivity contribution is 8.14. The Morgan fingerprint density at radius 2 is 2.03 bits per heavy atom. The lowest BCUT2D eigenvalue weighted by molar-refractivity contribution is -0.115. The summed E-state index contributed by atoms with van der Waals surface area (Å²) in [7, 11) is 1.61. The van der Waals surface area contributed by atoms with Gasteiger partial charge in [0, 0.05) is 17.4 Å². The molecular formula is C21H20F2N2O3S. The van der Waals surface area contributed by atoms with Crippen molar-refractivity contribution in [1.82, 2.24) is 5.32 Å². The molecule has 1 atom stereocenters. The molecule has 0 radical (unpaired) electrons. The van der Waals surface area contributed by atoms with E-state index in [-0.39, 0.29) is 11.9 Å². The largest absolute Gasteiger partial charge is 0.497 e. The average Bonchev–Trinajstić information content (AvgIpc) is 3.19. The first kappa shape index (κ1) is 20.9. The molecule has 3 rings (SSSR count). The van der Waals surface area contributed by atoms with E-state index in [1.165, 1.54) is 23.9 Å². The van der Waals surface area contributed by atoms with Gasteiger partial charge in [0.25, 0.3) is 6.43 Å². The molecule has 1 aliphatic rings. The van der Waals surface area contributed by atoms with Crippen LogP contribution in [0.5, 0.6) is 11.5 Å². The van der Waals surface area contributed by atoms with E-state index >= 15 is 0 Å². The van der Waals surface area contributed by atoms with E-state index < -0.39 is 13.0 Å². The second-order valence-corrected chi connectivity index (χ2v) is 7.11. The summed E-state index contributed by atoms with van der Waals surface area (Å²) in [5.41, 5.74) is 1.59. The van der Waals surface area contributed by atoms with Crippen molar-refractivity contribution in [2.75, 3.05) is 19.5 Å². The predicted molar refractivity (Wildman–Crippen MR) is 111 cm³/mol. The van der Waals surface area contributed by atoms with E-state index in [1.54, 1.807) is 31.4 Å². The van der Waals surface area contributed by atoms with Gasteiger partial charge >= 0.3 is 0 Å². The van der Waals surface area contributed by atoms with Crippen LogP contribution in [0.1, 0.15) is 17.2 Å². The van der Waals surface area contributed by atoms with E-state index in [4.69, 9.17) is 9.47 Å². The predicted octanol–water partition coefficient (Wildman–Crippen LogP) is 4.31. The van der Waals surface area contributed by atoms with Gasteiger partial charge in [0.2, 0.25) is 5.91 Å². The Labute approximate surface area is 171 Å². The zero-order chi connectivity index (χ0) is 20.6. The smallest absolute Gasteiger partial charge is 0.272 e. The number of amidine groups is 1. The molecule has 1 N–H and O–H groups in total. The van der Waals surface area contributed by atoms with Crippen LogP contribution in [0, 0.1) is 0 Å². The minimum Gasteiger partial charge on any atom is -0.497 e. The number of halogens is 2. The highest BCUT2D eigenvalue weighted by atomic mass is 32.2. The molecule has 0 saturated heterocycles. The minimum atomic E-state index is -2.56. The Morgan fingerprint density at radius 1 is 1.28 bits per heavy atom. The van der Waals surface area contributed by atoms with Gasteiger partial charge in [-0.15, -0.1) is 0 Å². The summed E-state index contributed by atoms with van der Waals surface area (Å²) >= 11 is 1.46. The fraction of sp³-hybridized carbons (Fsp3) is 0.238. The van der Waals surface area contributed by atoms with Gasteiger partial charge in [-0.25, -0.2) is 8.78 Å². The summed E-state index contributed by atoms with van der Waals surface area (Å²) in [5, 5.41) is 3.29. The van der Waals surface area contributed by atoms with Crippen molar-refractivity contribution in [2.45, 2.75) is 12.5 Å². The Hall–Kier alpha value is -2.87. The van der Waals surface area contributed by atoms with Crippen LogP contribution in [0.25, 0.3) is 6.08 Å². The second kappa shape index (κ2) is 10.1. The lowest BCUT2D eigenvalue weighted by atomic mass is 10.1. The highest BCUT2D eigenvalue weighted by Gasteiger charge is 2.21. The Morgan fingerprint density at radius 3 is 2.76 bits per heavy atom. The first-order valence-electron chi connectivity index (χ1n) is 8.88. The van der Waals surface area contributed by atoms with Crippen molar-refractivity contribution < 1.29 is 23.0 Å². The third-order valence-corrected chi connectivity index (χ3v) is 5.04. The number of rotatable bonds is 7. The monoisotopic (exact) mass is 418 g/mol. The number of nitrogens with one attached hydrogen (secondary N) is 1. The molecular weight excluding hydrogens is 398 g/mol. The molecule has 0 bridgehead atoms. The van der Waals surface area contributed by atoms with Crippen molar-refractivity contribution in [2.24, 2.45) is 4.99 Å². The molecule has 0 aromatic heterocycles. The van der Waals surface area contributed by atoms with Crippen LogP contribution in [-0.2, 0) is 4.79 Å². The molecule has 0 aliphatic carbocycles. The topological polar surface area (TPSA) is 59.9 Å². The molecule has 29 heavy (non-hydrogen) atoms. The zero-order valence-electron chi connectivity index (χ0n) is 15.7. The molecule has 1 unspecified atom stereocenters. The molecule has 8 heteroatoms. The number of benzene rings is 2. The number of hydrogen-bond donors (Lipinski definition) is 1. The number of alkyl halides is 2.